The van der Waals surface area contributed by atoms with Crippen LogP contribution in [0.25, 0.3) is 0 Å². The topological polar surface area (TPSA) is 26.3 Å². The molecule has 3 aromatic rings. The molecule has 0 radical (unpaired) electrons. The van der Waals surface area contributed by atoms with Crippen molar-refractivity contribution in [3.05, 3.63) is 94.2 Å². The van der Waals surface area contributed by atoms with Crippen LogP contribution in [-0.4, -0.2) is 5.97 Å². The molecule has 3 rings (SSSR count). The van der Waals surface area contributed by atoms with Gasteiger partial charge in [-0.3, -0.25) is 4.79 Å². The van der Waals surface area contributed by atoms with Crippen LogP contribution in [0, 0.1) is 5.41 Å². The molecular weight excluding hydrogens is 340 g/mol. The quantitative estimate of drug-likeness (QED) is 0.503. The van der Waals surface area contributed by atoms with E-state index in [1.54, 1.807) is 11.3 Å². The van der Waals surface area contributed by atoms with Crippen molar-refractivity contribution in [1.29, 1.82) is 0 Å². The lowest BCUT2D eigenvalue weighted by molar-refractivity contribution is -0.156. The molecule has 26 heavy (non-hydrogen) atoms. The van der Waals surface area contributed by atoms with Crippen LogP contribution < -0.4 is 0 Å². The minimum Gasteiger partial charge on any atom is -0.455 e. The molecule has 0 spiro atoms. The zero-order valence-corrected chi connectivity index (χ0v) is 16.2. The summed E-state index contributed by atoms with van der Waals surface area (Å²) in [5, 5.41) is 2.02. The Morgan fingerprint density at radius 1 is 0.846 bits per heavy atom. The number of esters is 1. The van der Waals surface area contributed by atoms with E-state index in [-0.39, 0.29) is 17.5 Å². The summed E-state index contributed by atoms with van der Waals surface area (Å²) in [5.74, 6) is -0.641. The molecule has 0 fully saturated rings. The van der Waals surface area contributed by atoms with Gasteiger partial charge >= 0.3 is 5.97 Å². The third-order valence-corrected chi connectivity index (χ3v) is 5.24. The number of ether oxygens (including phenoxy) is 1. The summed E-state index contributed by atoms with van der Waals surface area (Å²) in [6.07, 6.45) is -0.273. The van der Waals surface area contributed by atoms with E-state index >= 15 is 0 Å². The van der Waals surface area contributed by atoms with Gasteiger partial charge in [0.1, 0.15) is 12.0 Å². The Kier molecular flexibility index (Phi) is 5.58. The summed E-state index contributed by atoms with van der Waals surface area (Å²) < 4.78 is 6.10. The van der Waals surface area contributed by atoms with Crippen LogP contribution in [0.2, 0.25) is 0 Å². The molecule has 1 atom stereocenters. The fourth-order valence-corrected chi connectivity index (χ4v) is 4.04. The number of hydrogen-bond acceptors (Lipinski definition) is 3. The van der Waals surface area contributed by atoms with Crippen molar-refractivity contribution in [1.82, 2.24) is 0 Å². The van der Waals surface area contributed by atoms with E-state index in [4.69, 9.17) is 4.74 Å². The van der Waals surface area contributed by atoms with Crippen molar-refractivity contribution in [2.75, 3.05) is 0 Å². The van der Waals surface area contributed by atoms with Gasteiger partial charge in [-0.2, -0.15) is 0 Å². The van der Waals surface area contributed by atoms with Crippen LogP contribution in [0.1, 0.15) is 48.8 Å². The summed E-state index contributed by atoms with van der Waals surface area (Å²) >= 11 is 1.63. The van der Waals surface area contributed by atoms with E-state index in [0.29, 0.717) is 0 Å². The summed E-state index contributed by atoms with van der Waals surface area (Å²) in [5.41, 5.74) is 1.71. The minimum absolute atomic E-state index is 0.182. The number of thiophene rings is 1. The molecule has 0 aliphatic heterocycles. The van der Waals surface area contributed by atoms with Gasteiger partial charge in [-0.05, 0) is 22.6 Å². The highest BCUT2D eigenvalue weighted by molar-refractivity contribution is 7.10. The summed E-state index contributed by atoms with van der Waals surface area (Å²) in [6.45, 7) is 6.31. The third kappa shape index (κ3) is 4.23. The Balaban J connectivity index is 1.95. The number of carbonyl (C=O) groups is 1. The smallest absolute Gasteiger partial charge is 0.318 e. The molecule has 0 aliphatic rings. The molecule has 3 heteroatoms. The Morgan fingerprint density at radius 2 is 1.38 bits per heavy atom. The second-order valence-corrected chi connectivity index (χ2v) is 8.43. The number of rotatable bonds is 5. The Labute approximate surface area is 159 Å². The van der Waals surface area contributed by atoms with Crippen LogP contribution >= 0.6 is 11.3 Å². The van der Waals surface area contributed by atoms with Gasteiger partial charge < -0.3 is 4.74 Å². The fraction of sp³-hybridized carbons (Fsp3) is 0.261. The van der Waals surface area contributed by atoms with E-state index in [9.17, 15) is 4.79 Å². The molecule has 0 bridgehead atoms. The predicted molar refractivity (Wildman–Crippen MR) is 107 cm³/mol. The first-order valence-electron chi connectivity index (χ1n) is 8.80. The lowest BCUT2D eigenvalue weighted by Gasteiger charge is -2.31. The van der Waals surface area contributed by atoms with Crippen molar-refractivity contribution in [3.8, 4) is 0 Å². The molecule has 0 unspecified atom stereocenters. The second kappa shape index (κ2) is 7.88. The molecule has 0 amide bonds. The van der Waals surface area contributed by atoms with Crippen molar-refractivity contribution in [2.24, 2.45) is 5.41 Å². The lowest BCUT2D eigenvalue weighted by atomic mass is 9.87. The maximum absolute atomic E-state index is 13.3. The van der Waals surface area contributed by atoms with E-state index in [1.807, 2.05) is 78.2 Å². The van der Waals surface area contributed by atoms with Gasteiger partial charge in [-0.15, -0.1) is 11.3 Å². The predicted octanol–water partition coefficient (Wildman–Crippen LogP) is 6.21. The fourth-order valence-electron chi connectivity index (χ4n) is 3.04. The number of hydrogen-bond donors (Lipinski definition) is 0. The largest absolute Gasteiger partial charge is 0.455 e. The summed E-state index contributed by atoms with van der Waals surface area (Å²) in [7, 11) is 0. The van der Waals surface area contributed by atoms with Gasteiger partial charge in [-0.25, -0.2) is 0 Å². The van der Waals surface area contributed by atoms with Crippen LogP contribution in [0.5, 0.6) is 0 Å². The lowest BCUT2D eigenvalue weighted by Crippen LogP contribution is -2.27. The highest BCUT2D eigenvalue weighted by atomic mass is 32.1. The average molecular weight is 365 g/mol. The van der Waals surface area contributed by atoms with Crippen molar-refractivity contribution < 1.29 is 9.53 Å². The monoisotopic (exact) mass is 364 g/mol. The molecule has 1 aromatic heterocycles. The molecule has 2 aromatic carbocycles. The van der Waals surface area contributed by atoms with Crippen LogP contribution in [0.4, 0.5) is 0 Å². The first-order valence-corrected chi connectivity index (χ1v) is 9.68. The molecule has 2 nitrogen and oxygen atoms in total. The normalized spacial score (nSPS) is 12.8. The molecule has 134 valence electrons. The SMILES string of the molecule is CC(C)(C)[C@@H](OC(=O)C(c1ccccc1)c1ccccc1)c1cccs1. The summed E-state index contributed by atoms with van der Waals surface area (Å²) in [6, 6.07) is 23.7. The minimum atomic E-state index is -0.429. The van der Waals surface area contributed by atoms with E-state index in [1.165, 1.54) is 0 Å². The van der Waals surface area contributed by atoms with Gasteiger partial charge in [-0.1, -0.05) is 87.5 Å². The van der Waals surface area contributed by atoms with Crippen LogP contribution in [-0.2, 0) is 9.53 Å². The molecule has 0 N–H and O–H groups in total. The van der Waals surface area contributed by atoms with E-state index in [2.05, 4.69) is 20.8 Å². The maximum Gasteiger partial charge on any atom is 0.318 e. The van der Waals surface area contributed by atoms with Crippen molar-refractivity contribution in [3.63, 3.8) is 0 Å². The van der Waals surface area contributed by atoms with E-state index < -0.39 is 5.92 Å². The average Bonchev–Trinajstić information content (AvgIpc) is 3.15. The second-order valence-electron chi connectivity index (χ2n) is 7.45. The van der Waals surface area contributed by atoms with Crippen molar-refractivity contribution >= 4 is 17.3 Å². The molecular formula is C23H24O2S. The van der Waals surface area contributed by atoms with Gasteiger partial charge in [0.2, 0.25) is 0 Å². The Bertz CT molecular complexity index is 778. The molecule has 0 aliphatic carbocycles. The molecule has 0 saturated heterocycles. The first kappa shape index (κ1) is 18.4. The maximum atomic E-state index is 13.3. The number of benzene rings is 2. The number of carbonyl (C=O) groups excluding carboxylic acids is 1. The van der Waals surface area contributed by atoms with Gasteiger partial charge in [0, 0.05) is 10.3 Å². The molecule has 1 heterocycles. The molecule has 0 saturated carbocycles. The highest BCUT2D eigenvalue weighted by Crippen LogP contribution is 2.40. The Hall–Kier alpha value is -2.39. The zero-order chi connectivity index (χ0) is 18.6. The van der Waals surface area contributed by atoms with Crippen LogP contribution in [0.15, 0.2) is 78.2 Å². The third-order valence-electron chi connectivity index (χ3n) is 4.32. The highest BCUT2D eigenvalue weighted by Gasteiger charge is 2.34. The van der Waals surface area contributed by atoms with E-state index in [0.717, 1.165) is 16.0 Å². The van der Waals surface area contributed by atoms with Crippen LogP contribution in [0.3, 0.4) is 0 Å². The Morgan fingerprint density at radius 3 is 1.81 bits per heavy atom. The first-order chi connectivity index (χ1) is 12.5. The summed E-state index contributed by atoms with van der Waals surface area (Å²) in [4.78, 5) is 14.4. The van der Waals surface area contributed by atoms with Gasteiger partial charge in [0.05, 0.1) is 0 Å². The van der Waals surface area contributed by atoms with Crippen molar-refractivity contribution in [2.45, 2.75) is 32.8 Å². The standard InChI is InChI=1S/C23H24O2S/c1-23(2,3)21(19-15-10-16-26-19)25-22(24)20(17-11-6-4-7-12-17)18-13-8-5-9-14-18/h4-16,20-21H,1-3H3/t21-/m0/s1. The zero-order valence-electron chi connectivity index (χ0n) is 15.4. The van der Waals surface area contributed by atoms with Gasteiger partial charge in [0.15, 0.2) is 0 Å². The van der Waals surface area contributed by atoms with Gasteiger partial charge in [0.25, 0.3) is 0 Å².